The summed E-state index contributed by atoms with van der Waals surface area (Å²) in [5.41, 5.74) is 2.35. The smallest absolute Gasteiger partial charge is 0.191 e. The average molecular weight is 418 g/mol. The van der Waals surface area contributed by atoms with Gasteiger partial charge in [0.1, 0.15) is 0 Å². The van der Waals surface area contributed by atoms with Crippen molar-refractivity contribution in [1.82, 2.24) is 14.8 Å². The lowest BCUT2D eigenvalue weighted by molar-refractivity contribution is 0.296. The first-order valence-electron chi connectivity index (χ1n) is 8.24. The molecule has 130 valence electrons. The number of aliphatic hydroxyl groups is 1. The van der Waals surface area contributed by atoms with Gasteiger partial charge in [-0.2, -0.15) is 0 Å². The van der Waals surface area contributed by atoms with Crippen LogP contribution in [0.15, 0.2) is 64.2 Å². The van der Waals surface area contributed by atoms with Crippen molar-refractivity contribution in [3.05, 3.63) is 64.6 Å². The molecule has 0 aliphatic carbocycles. The van der Waals surface area contributed by atoms with Gasteiger partial charge in [-0.05, 0) is 30.5 Å². The van der Waals surface area contributed by atoms with Gasteiger partial charge in [-0.3, -0.25) is 0 Å². The van der Waals surface area contributed by atoms with Crippen molar-refractivity contribution in [1.29, 1.82) is 0 Å². The molecule has 1 N–H and O–H groups in total. The number of thioether (sulfide) groups is 1. The van der Waals surface area contributed by atoms with Gasteiger partial charge in [-0.1, -0.05) is 70.2 Å². The van der Waals surface area contributed by atoms with Crippen molar-refractivity contribution >= 4 is 27.7 Å². The van der Waals surface area contributed by atoms with Crippen LogP contribution in [0.5, 0.6) is 0 Å². The van der Waals surface area contributed by atoms with Crippen LogP contribution in [-0.4, -0.2) is 32.2 Å². The number of rotatable bonds is 8. The second kappa shape index (κ2) is 9.17. The number of halogens is 1. The van der Waals surface area contributed by atoms with E-state index in [9.17, 15) is 0 Å². The Balaban J connectivity index is 1.85. The molecule has 1 heterocycles. The standard InChI is InChI=1S/C19H20BrN3OS/c20-17-9-7-16(8-10-17)18-21-22-19(25-14-4-13-24)23(18)12-11-15-5-2-1-3-6-15/h1-3,5-10,24H,4,11-14H2. The van der Waals surface area contributed by atoms with Gasteiger partial charge in [0.05, 0.1) is 0 Å². The first-order chi connectivity index (χ1) is 12.3. The van der Waals surface area contributed by atoms with Gasteiger partial charge in [0, 0.05) is 28.9 Å². The van der Waals surface area contributed by atoms with E-state index < -0.39 is 0 Å². The fraction of sp³-hybridized carbons (Fsp3) is 0.263. The van der Waals surface area contributed by atoms with E-state index in [1.165, 1.54) is 5.56 Å². The molecule has 25 heavy (non-hydrogen) atoms. The van der Waals surface area contributed by atoms with Gasteiger partial charge in [0.2, 0.25) is 0 Å². The number of aromatic nitrogens is 3. The van der Waals surface area contributed by atoms with Crippen LogP contribution in [0.1, 0.15) is 12.0 Å². The molecule has 2 aromatic carbocycles. The molecule has 0 fully saturated rings. The Labute approximate surface area is 160 Å². The van der Waals surface area contributed by atoms with E-state index in [0.717, 1.165) is 46.2 Å². The highest BCUT2D eigenvalue weighted by atomic mass is 79.9. The van der Waals surface area contributed by atoms with Crippen molar-refractivity contribution in [3.63, 3.8) is 0 Å². The first-order valence-corrected chi connectivity index (χ1v) is 10.0. The van der Waals surface area contributed by atoms with E-state index in [0.29, 0.717) is 0 Å². The first kappa shape index (κ1) is 18.2. The van der Waals surface area contributed by atoms with Crippen LogP contribution < -0.4 is 0 Å². The summed E-state index contributed by atoms with van der Waals surface area (Å²) in [5, 5.41) is 18.7. The van der Waals surface area contributed by atoms with E-state index in [1.807, 2.05) is 18.2 Å². The Kier molecular flexibility index (Phi) is 6.67. The maximum atomic E-state index is 9.01. The second-order valence-electron chi connectivity index (χ2n) is 5.63. The molecule has 0 unspecified atom stereocenters. The summed E-state index contributed by atoms with van der Waals surface area (Å²) in [6, 6.07) is 18.6. The zero-order valence-electron chi connectivity index (χ0n) is 13.8. The van der Waals surface area contributed by atoms with Crippen LogP contribution in [0.4, 0.5) is 0 Å². The quantitative estimate of drug-likeness (QED) is 0.435. The molecule has 0 amide bonds. The minimum Gasteiger partial charge on any atom is -0.396 e. The van der Waals surface area contributed by atoms with Crippen molar-refractivity contribution < 1.29 is 5.11 Å². The minimum atomic E-state index is 0.199. The molecule has 3 aromatic rings. The SMILES string of the molecule is OCCCSc1nnc(-c2ccc(Br)cc2)n1CCc1ccccc1. The Hall–Kier alpha value is -1.63. The third kappa shape index (κ3) is 4.93. The Bertz CT molecular complexity index is 790. The highest BCUT2D eigenvalue weighted by Crippen LogP contribution is 2.26. The van der Waals surface area contributed by atoms with Crippen molar-refractivity contribution in [2.75, 3.05) is 12.4 Å². The van der Waals surface area contributed by atoms with Gasteiger partial charge >= 0.3 is 0 Å². The normalized spacial score (nSPS) is 11.0. The van der Waals surface area contributed by atoms with Gasteiger partial charge < -0.3 is 9.67 Å². The van der Waals surface area contributed by atoms with Crippen LogP contribution in [-0.2, 0) is 13.0 Å². The predicted octanol–water partition coefficient (Wildman–Crippen LogP) is 4.42. The molecule has 0 saturated heterocycles. The summed E-state index contributed by atoms with van der Waals surface area (Å²) in [4.78, 5) is 0. The number of nitrogens with zero attached hydrogens (tertiary/aromatic N) is 3. The summed E-state index contributed by atoms with van der Waals surface area (Å²) >= 11 is 5.12. The third-order valence-corrected chi connectivity index (χ3v) is 5.40. The van der Waals surface area contributed by atoms with Gasteiger partial charge in [-0.25, -0.2) is 0 Å². The molecule has 0 aliphatic heterocycles. The minimum absolute atomic E-state index is 0.199. The van der Waals surface area contributed by atoms with Crippen LogP contribution in [0.25, 0.3) is 11.4 Å². The largest absolute Gasteiger partial charge is 0.396 e. The summed E-state index contributed by atoms with van der Waals surface area (Å²) < 4.78 is 3.22. The Morgan fingerprint density at radius 2 is 1.76 bits per heavy atom. The Morgan fingerprint density at radius 3 is 2.48 bits per heavy atom. The van der Waals surface area contributed by atoms with Crippen molar-refractivity contribution in [2.45, 2.75) is 24.5 Å². The van der Waals surface area contributed by atoms with Crippen LogP contribution in [0.3, 0.4) is 0 Å². The van der Waals surface area contributed by atoms with E-state index in [1.54, 1.807) is 11.8 Å². The molecule has 0 aliphatic rings. The van der Waals surface area contributed by atoms with E-state index in [2.05, 4.69) is 67.1 Å². The molecular formula is C19H20BrN3OS. The topological polar surface area (TPSA) is 50.9 Å². The fourth-order valence-corrected chi connectivity index (χ4v) is 3.68. The number of aliphatic hydroxyl groups excluding tert-OH is 1. The zero-order valence-corrected chi connectivity index (χ0v) is 16.2. The highest BCUT2D eigenvalue weighted by Gasteiger charge is 2.14. The van der Waals surface area contributed by atoms with Crippen LogP contribution in [0, 0.1) is 0 Å². The molecule has 4 nitrogen and oxygen atoms in total. The van der Waals surface area contributed by atoms with Crippen LogP contribution in [0.2, 0.25) is 0 Å². The summed E-state index contributed by atoms with van der Waals surface area (Å²) in [7, 11) is 0. The summed E-state index contributed by atoms with van der Waals surface area (Å²) in [5.74, 6) is 1.72. The summed E-state index contributed by atoms with van der Waals surface area (Å²) in [6.45, 7) is 1.02. The molecule has 0 spiro atoms. The average Bonchev–Trinajstić information content (AvgIpc) is 3.04. The number of benzene rings is 2. The molecule has 0 radical (unpaired) electrons. The molecule has 0 saturated carbocycles. The molecule has 0 bridgehead atoms. The predicted molar refractivity (Wildman–Crippen MR) is 106 cm³/mol. The monoisotopic (exact) mass is 417 g/mol. The lowest BCUT2D eigenvalue weighted by Crippen LogP contribution is -2.06. The molecule has 1 aromatic heterocycles. The van der Waals surface area contributed by atoms with Crippen molar-refractivity contribution in [2.24, 2.45) is 0 Å². The lowest BCUT2D eigenvalue weighted by Gasteiger charge is -2.10. The zero-order chi connectivity index (χ0) is 17.5. The maximum absolute atomic E-state index is 9.01. The molecule has 0 atom stereocenters. The molecular weight excluding hydrogens is 398 g/mol. The number of aryl methyl sites for hydroxylation is 1. The van der Waals surface area contributed by atoms with Crippen LogP contribution >= 0.6 is 27.7 Å². The Morgan fingerprint density at radius 1 is 1.00 bits per heavy atom. The van der Waals surface area contributed by atoms with E-state index in [4.69, 9.17) is 5.11 Å². The number of hydrogen-bond acceptors (Lipinski definition) is 4. The lowest BCUT2D eigenvalue weighted by atomic mass is 10.1. The van der Waals surface area contributed by atoms with Gasteiger partial charge in [0.25, 0.3) is 0 Å². The van der Waals surface area contributed by atoms with E-state index in [-0.39, 0.29) is 6.61 Å². The van der Waals surface area contributed by atoms with E-state index >= 15 is 0 Å². The summed E-state index contributed by atoms with van der Waals surface area (Å²) in [6.07, 6.45) is 1.68. The molecule has 3 rings (SSSR count). The second-order valence-corrected chi connectivity index (χ2v) is 7.60. The maximum Gasteiger partial charge on any atom is 0.191 e. The van der Waals surface area contributed by atoms with Crippen molar-refractivity contribution in [3.8, 4) is 11.4 Å². The number of hydrogen-bond donors (Lipinski definition) is 1. The third-order valence-electron chi connectivity index (χ3n) is 3.82. The van der Waals surface area contributed by atoms with Gasteiger partial charge in [0.15, 0.2) is 11.0 Å². The molecule has 6 heteroatoms. The highest BCUT2D eigenvalue weighted by molar-refractivity contribution is 9.10. The fourth-order valence-electron chi connectivity index (χ4n) is 2.52. The van der Waals surface area contributed by atoms with Gasteiger partial charge in [-0.15, -0.1) is 10.2 Å².